The van der Waals surface area contributed by atoms with Gasteiger partial charge in [0.05, 0.1) is 5.92 Å². The maximum Gasteiger partial charge on any atom is 0.307 e. The summed E-state index contributed by atoms with van der Waals surface area (Å²) < 4.78 is 0. The first-order chi connectivity index (χ1) is 8.08. The molecular formula is C14H21NO2. The van der Waals surface area contributed by atoms with Crippen LogP contribution in [0.4, 0.5) is 0 Å². The zero-order valence-electron chi connectivity index (χ0n) is 10.5. The molecule has 0 fully saturated rings. The Hall–Kier alpha value is -1.35. The van der Waals surface area contributed by atoms with Gasteiger partial charge in [-0.3, -0.25) is 4.79 Å². The largest absolute Gasteiger partial charge is 0.481 e. The second-order valence-electron chi connectivity index (χ2n) is 4.53. The topological polar surface area (TPSA) is 63.3 Å². The first-order valence-corrected chi connectivity index (χ1v) is 6.07. The molecule has 0 aliphatic heterocycles. The summed E-state index contributed by atoms with van der Waals surface area (Å²) in [5.74, 6) is -0.960. The van der Waals surface area contributed by atoms with Gasteiger partial charge in [0.1, 0.15) is 0 Å². The predicted molar refractivity (Wildman–Crippen MR) is 69.0 cm³/mol. The lowest BCUT2D eigenvalue weighted by atomic mass is 9.86. The number of hydrogen-bond donors (Lipinski definition) is 2. The minimum Gasteiger partial charge on any atom is -0.481 e. The van der Waals surface area contributed by atoms with Gasteiger partial charge in [-0.2, -0.15) is 0 Å². The van der Waals surface area contributed by atoms with Crippen LogP contribution in [0.2, 0.25) is 0 Å². The third kappa shape index (κ3) is 3.86. The molecule has 0 aliphatic rings. The number of nitrogens with two attached hydrogens (primary N) is 1. The van der Waals surface area contributed by atoms with Crippen molar-refractivity contribution in [3.05, 3.63) is 35.4 Å². The lowest BCUT2D eigenvalue weighted by Crippen LogP contribution is -2.25. The van der Waals surface area contributed by atoms with Gasteiger partial charge in [-0.25, -0.2) is 0 Å². The number of carboxylic acid groups (broad SMARTS) is 1. The minimum absolute atomic E-state index is 0.206. The molecule has 0 aliphatic carbocycles. The highest BCUT2D eigenvalue weighted by Gasteiger charge is 2.21. The van der Waals surface area contributed by atoms with Crippen molar-refractivity contribution in [2.24, 2.45) is 11.7 Å². The van der Waals surface area contributed by atoms with E-state index in [0.29, 0.717) is 6.42 Å². The highest BCUT2D eigenvalue weighted by atomic mass is 16.4. The molecule has 1 aromatic rings. The van der Waals surface area contributed by atoms with E-state index in [1.165, 1.54) is 11.1 Å². The first-order valence-electron chi connectivity index (χ1n) is 6.07. The standard InChI is InChI=1S/C14H21NO2/c1-3-11(8-13(9-15)14(16)17)12-6-4-5-10(2)7-12/h4-7,11,13H,3,8-9,15H2,1-2H3,(H,16,17). The van der Waals surface area contributed by atoms with Crippen LogP contribution >= 0.6 is 0 Å². The molecule has 1 aromatic carbocycles. The summed E-state index contributed by atoms with van der Waals surface area (Å²) in [6, 6.07) is 8.26. The third-order valence-electron chi connectivity index (χ3n) is 3.21. The third-order valence-corrected chi connectivity index (χ3v) is 3.21. The molecule has 3 nitrogen and oxygen atoms in total. The first kappa shape index (κ1) is 13.7. The summed E-state index contributed by atoms with van der Waals surface area (Å²) in [6.45, 7) is 4.34. The van der Waals surface area contributed by atoms with Gasteiger partial charge in [-0.15, -0.1) is 0 Å². The molecule has 1 rings (SSSR count). The van der Waals surface area contributed by atoms with Gasteiger partial charge < -0.3 is 10.8 Å². The summed E-state index contributed by atoms with van der Waals surface area (Å²) in [4.78, 5) is 11.0. The van der Waals surface area contributed by atoms with Crippen LogP contribution in [-0.4, -0.2) is 17.6 Å². The molecule has 17 heavy (non-hydrogen) atoms. The second-order valence-corrected chi connectivity index (χ2v) is 4.53. The maximum atomic E-state index is 11.0. The van der Waals surface area contributed by atoms with Crippen molar-refractivity contribution in [1.82, 2.24) is 0 Å². The van der Waals surface area contributed by atoms with Crippen LogP contribution < -0.4 is 5.73 Å². The molecular weight excluding hydrogens is 214 g/mol. The van der Waals surface area contributed by atoms with Crippen molar-refractivity contribution in [2.75, 3.05) is 6.54 Å². The van der Waals surface area contributed by atoms with E-state index in [0.717, 1.165) is 6.42 Å². The zero-order chi connectivity index (χ0) is 12.8. The lowest BCUT2D eigenvalue weighted by Gasteiger charge is -2.19. The van der Waals surface area contributed by atoms with Gasteiger partial charge in [0, 0.05) is 6.54 Å². The average molecular weight is 235 g/mol. The fourth-order valence-corrected chi connectivity index (χ4v) is 2.10. The molecule has 2 atom stereocenters. The van der Waals surface area contributed by atoms with Crippen LogP contribution in [0.1, 0.15) is 36.8 Å². The molecule has 94 valence electrons. The quantitative estimate of drug-likeness (QED) is 0.796. The van der Waals surface area contributed by atoms with Crippen molar-refractivity contribution in [3.63, 3.8) is 0 Å². The van der Waals surface area contributed by atoms with Crippen molar-refractivity contribution in [2.45, 2.75) is 32.6 Å². The number of rotatable bonds is 6. The van der Waals surface area contributed by atoms with Crippen molar-refractivity contribution >= 4 is 5.97 Å². The van der Waals surface area contributed by atoms with Crippen molar-refractivity contribution in [1.29, 1.82) is 0 Å². The summed E-state index contributed by atoms with van der Waals surface area (Å²) in [6.07, 6.45) is 1.55. The number of benzene rings is 1. The van der Waals surface area contributed by atoms with E-state index in [9.17, 15) is 4.79 Å². The Labute approximate surface area is 103 Å². The van der Waals surface area contributed by atoms with Crippen LogP contribution in [0.25, 0.3) is 0 Å². The highest BCUT2D eigenvalue weighted by molar-refractivity contribution is 5.70. The van der Waals surface area contributed by atoms with E-state index in [-0.39, 0.29) is 12.5 Å². The summed E-state index contributed by atoms with van der Waals surface area (Å²) in [7, 11) is 0. The fraction of sp³-hybridized carbons (Fsp3) is 0.500. The molecule has 3 heteroatoms. The Balaban J connectivity index is 2.81. The maximum absolute atomic E-state index is 11.0. The second kappa shape index (κ2) is 6.40. The van der Waals surface area contributed by atoms with Gasteiger partial charge in [-0.05, 0) is 31.2 Å². The molecule has 0 saturated heterocycles. The van der Waals surface area contributed by atoms with Crippen LogP contribution in [0.3, 0.4) is 0 Å². The van der Waals surface area contributed by atoms with Gasteiger partial charge in [-0.1, -0.05) is 36.8 Å². The number of aryl methyl sites for hydroxylation is 1. The Morgan fingerprint density at radius 2 is 2.18 bits per heavy atom. The number of carbonyl (C=O) groups is 1. The minimum atomic E-state index is -0.793. The molecule has 0 saturated carbocycles. The molecule has 2 unspecified atom stereocenters. The molecule has 0 spiro atoms. The van der Waals surface area contributed by atoms with Gasteiger partial charge in [0.25, 0.3) is 0 Å². The molecule has 0 radical (unpaired) electrons. The highest BCUT2D eigenvalue weighted by Crippen LogP contribution is 2.27. The van der Waals surface area contributed by atoms with Gasteiger partial charge >= 0.3 is 5.97 Å². The molecule has 0 amide bonds. The molecule has 0 bridgehead atoms. The van der Waals surface area contributed by atoms with Crippen LogP contribution in [0.5, 0.6) is 0 Å². The fourth-order valence-electron chi connectivity index (χ4n) is 2.10. The molecule has 0 heterocycles. The summed E-state index contributed by atoms with van der Waals surface area (Å²) >= 11 is 0. The SMILES string of the molecule is CCC(CC(CN)C(=O)O)c1cccc(C)c1. The lowest BCUT2D eigenvalue weighted by molar-refractivity contribution is -0.141. The van der Waals surface area contributed by atoms with E-state index in [1.54, 1.807) is 0 Å². The van der Waals surface area contributed by atoms with E-state index >= 15 is 0 Å². The van der Waals surface area contributed by atoms with Gasteiger partial charge in [0.2, 0.25) is 0 Å². The van der Waals surface area contributed by atoms with Crippen LogP contribution in [0.15, 0.2) is 24.3 Å². The summed E-state index contributed by atoms with van der Waals surface area (Å²) in [5, 5.41) is 9.04. The Bertz CT molecular complexity index is 376. The number of hydrogen-bond acceptors (Lipinski definition) is 2. The molecule has 3 N–H and O–H groups in total. The molecule has 0 aromatic heterocycles. The van der Waals surface area contributed by atoms with E-state index in [1.807, 2.05) is 19.1 Å². The van der Waals surface area contributed by atoms with Gasteiger partial charge in [0.15, 0.2) is 0 Å². The van der Waals surface area contributed by atoms with Crippen molar-refractivity contribution < 1.29 is 9.90 Å². The number of carboxylic acids is 1. The summed E-state index contributed by atoms with van der Waals surface area (Å²) in [5.41, 5.74) is 7.93. The zero-order valence-corrected chi connectivity index (χ0v) is 10.5. The predicted octanol–water partition coefficient (Wildman–Crippen LogP) is 2.54. The Kier molecular flexibility index (Phi) is 5.16. The van der Waals surface area contributed by atoms with E-state index < -0.39 is 11.9 Å². The average Bonchev–Trinajstić information content (AvgIpc) is 2.30. The van der Waals surface area contributed by atoms with Crippen LogP contribution in [-0.2, 0) is 4.79 Å². The monoisotopic (exact) mass is 235 g/mol. The van der Waals surface area contributed by atoms with E-state index in [4.69, 9.17) is 10.8 Å². The smallest absolute Gasteiger partial charge is 0.307 e. The van der Waals surface area contributed by atoms with Crippen LogP contribution in [0, 0.1) is 12.8 Å². The Morgan fingerprint density at radius 1 is 1.47 bits per heavy atom. The number of aliphatic carboxylic acids is 1. The van der Waals surface area contributed by atoms with Crippen molar-refractivity contribution in [3.8, 4) is 0 Å². The van der Waals surface area contributed by atoms with E-state index in [2.05, 4.69) is 19.1 Å². The normalized spacial score (nSPS) is 14.3. The Morgan fingerprint density at radius 3 is 2.65 bits per heavy atom.